The minimum atomic E-state index is -0.0713. The quantitative estimate of drug-likeness (QED) is 0.801. The van der Waals surface area contributed by atoms with Crippen molar-refractivity contribution >= 4 is 11.7 Å². The summed E-state index contributed by atoms with van der Waals surface area (Å²) in [6, 6.07) is 3.72. The number of carbonyl (C=O) groups excluding carboxylic acids is 1. The summed E-state index contributed by atoms with van der Waals surface area (Å²) in [4.78, 5) is 22.6. The van der Waals surface area contributed by atoms with Crippen molar-refractivity contribution in [1.29, 1.82) is 0 Å². The van der Waals surface area contributed by atoms with E-state index < -0.39 is 0 Å². The van der Waals surface area contributed by atoms with Gasteiger partial charge in [-0.05, 0) is 25.0 Å². The van der Waals surface area contributed by atoms with Crippen LogP contribution in [-0.2, 0) is 6.42 Å². The lowest BCUT2D eigenvalue weighted by Crippen LogP contribution is -2.29. The van der Waals surface area contributed by atoms with Crippen LogP contribution in [0.25, 0.3) is 0 Å². The van der Waals surface area contributed by atoms with Crippen LogP contribution in [-0.4, -0.2) is 52.1 Å². The molecule has 2 aromatic rings. The number of furan rings is 1. The highest BCUT2D eigenvalue weighted by Gasteiger charge is 2.21. The summed E-state index contributed by atoms with van der Waals surface area (Å²) in [5.41, 5.74) is 0.355. The second-order valence-corrected chi connectivity index (χ2v) is 6.00. The molecule has 0 saturated carbocycles. The average Bonchev–Trinajstić information content (AvgIpc) is 3.31. The highest BCUT2D eigenvalue weighted by molar-refractivity contribution is 5.92. The molecule has 0 bridgehead atoms. The highest BCUT2D eigenvalue weighted by atomic mass is 16.3. The predicted molar refractivity (Wildman–Crippen MR) is 88.6 cm³/mol. The Kier molecular flexibility index (Phi) is 5.43. The number of rotatable bonds is 7. The maximum atomic E-state index is 12.3. The van der Waals surface area contributed by atoms with Crippen LogP contribution in [0.1, 0.15) is 29.1 Å². The molecule has 24 heavy (non-hydrogen) atoms. The van der Waals surface area contributed by atoms with Gasteiger partial charge in [0.1, 0.15) is 17.3 Å². The Morgan fingerprint density at radius 1 is 1.38 bits per heavy atom. The van der Waals surface area contributed by atoms with E-state index in [1.165, 1.54) is 6.20 Å². The number of nitrogens with one attached hydrogen (secondary N) is 1. The normalized spacial score (nSPS) is 15.5. The Bertz CT molecular complexity index is 654. The van der Waals surface area contributed by atoms with Crippen molar-refractivity contribution < 1.29 is 14.3 Å². The molecule has 7 nitrogen and oxygen atoms in total. The number of amides is 1. The molecule has 1 amide bonds. The third kappa shape index (κ3) is 4.11. The van der Waals surface area contributed by atoms with Gasteiger partial charge in [0.05, 0.1) is 18.7 Å². The molecule has 1 saturated heterocycles. The zero-order valence-electron chi connectivity index (χ0n) is 13.5. The number of likely N-dealkylation sites (tertiary alicyclic amines) is 1. The van der Waals surface area contributed by atoms with Crippen LogP contribution in [0.2, 0.25) is 0 Å². The molecule has 1 aliphatic heterocycles. The predicted octanol–water partition coefficient (Wildman–Crippen LogP) is 1.57. The number of carbonyl (C=O) groups is 1. The molecule has 1 unspecified atom stereocenters. The third-order valence-electron chi connectivity index (χ3n) is 4.15. The van der Waals surface area contributed by atoms with Gasteiger partial charge < -0.3 is 19.7 Å². The van der Waals surface area contributed by atoms with Gasteiger partial charge in [0.2, 0.25) is 0 Å². The highest BCUT2D eigenvalue weighted by Crippen LogP contribution is 2.13. The first-order valence-electron chi connectivity index (χ1n) is 8.24. The molecule has 0 aromatic carbocycles. The van der Waals surface area contributed by atoms with Gasteiger partial charge in [-0.15, -0.1) is 0 Å². The summed E-state index contributed by atoms with van der Waals surface area (Å²) in [6.45, 7) is 2.13. The number of aliphatic hydroxyl groups excluding tert-OH is 1. The van der Waals surface area contributed by atoms with Crippen LogP contribution >= 0.6 is 0 Å². The minimum absolute atomic E-state index is 0.00381. The van der Waals surface area contributed by atoms with Crippen LogP contribution in [0.15, 0.2) is 35.2 Å². The smallest absolute Gasteiger partial charge is 0.274 e. The zero-order chi connectivity index (χ0) is 16.8. The van der Waals surface area contributed by atoms with Gasteiger partial charge >= 0.3 is 0 Å². The van der Waals surface area contributed by atoms with Crippen LogP contribution in [0.4, 0.5) is 5.82 Å². The summed E-state index contributed by atoms with van der Waals surface area (Å²) in [5, 5.41) is 12.7. The Morgan fingerprint density at radius 3 is 2.92 bits per heavy atom. The van der Waals surface area contributed by atoms with Crippen LogP contribution in [0, 0.1) is 5.92 Å². The molecule has 0 aliphatic carbocycles. The molecular weight excluding hydrogens is 308 g/mol. The molecule has 3 rings (SSSR count). The number of anilines is 1. The minimum Gasteiger partial charge on any atom is -0.469 e. The number of aromatic nitrogens is 2. The van der Waals surface area contributed by atoms with Crippen molar-refractivity contribution in [2.45, 2.75) is 19.3 Å². The summed E-state index contributed by atoms with van der Waals surface area (Å²) < 4.78 is 5.31. The van der Waals surface area contributed by atoms with E-state index in [0.29, 0.717) is 24.5 Å². The number of aliphatic hydroxyl groups is 1. The molecule has 3 heterocycles. The van der Waals surface area contributed by atoms with Crippen LogP contribution in [0.5, 0.6) is 0 Å². The maximum absolute atomic E-state index is 12.3. The fourth-order valence-corrected chi connectivity index (χ4v) is 2.80. The lowest BCUT2D eigenvalue weighted by molar-refractivity contribution is 0.0786. The molecule has 0 radical (unpaired) electrons. The van der Waals surface area contributed by atoms with E-state index >= 15 is 0 Å². The Hall–Kier alpha value is -2.41. The van der Waals surface area contributed by atoms with E-state index in [1.807, 2.05) is 12.1 Å². The Balaban J connectivity index is 1.58. The van der Waals surface area contributed by atoms with Gasteiger partial charge in [-0.2, -0.15) is 0 Å². The molecule has 2 aromatic heterocycles. The zero-order valence-corrected chi connectivity index (χ0v) is 13.5. The molecule has 1 atom stereocenters. The lowest BCUT2D eigenvalue weighted by Gasteiger charge is -2.16. The molecule has 128 valence electrons. The van der Waals surface area contributed by atoms with Crippen molar-refractivity contribution in [1.82, 2.24) is 14.9 Å². The largest absolute Gasteiger partial charge is 0.469 e. The topological polar surface area (TPSA) is 91.5 Å². The molecule has 2 N–H and O–H groups in total. The van der Waals surface area contributed by atoms with E-state index in [2.05, 4.69) is 15.3 Å². The SMILES string of the molecule is O=C(c1cncc(NCC(CO)Cc2ccco2)n1)N1CCCC1. The molecule has 7 heteroatoms. The van der Waals surface area contributed by atoms with Crippen molar-refractivity contribution in [3.05, 3.63) is 42.2 Å². The lowest BCUT2D eigenvalue weighted by atomic mass is 10.1. The van der Waals surface area contributed by atoms with Gasteiger partial charge in [0.15, 0.2) is 0 Å². The molecule has 1 aliphatic rings. The second-order valence-electron chi connectivity index (χ2n) is 6.00. The summed E-state index contributed by atoms with van der Waals surface area (Å²) in [7, 11) is 0. The van der Waals surface area contributed by atoms with E-state index in [4.69, 9.17) is 4.42 Å². The maximum Gasteiger partial charge on any atom is 0.274 e. The van der Waals surface area contributed by atoms with Crippen LogP contribution < -0.4 is 5.32 Å². The summed E-state index contributed by atoms with van der Waals surface area (Å²) in [6.07, 6.45) is 7.43. The monoisotopic (exact) mass is 330 g/mol. The van der Waals surface area contributed by atoms with E-state index in [0.717, 1.165) is 31.7 Å². The second kappa shape index (κ2) is 7.92. The fourth-order valence-electron chi connectivity index (χ4n) is 2.80. The third-order valence-corrected chi connectivity index (χ3v) is 4.15. The number of nitrogens with zero attached hydrogens (tertiary/aromatic N) is 3. The standard InChI is InChI=1S/C17H22N4O3/c22-12-13(8-14-4-3-7-24-14)9-19-16-11-18-10-15(20-16)17(23)21-5-1-2-6-21/h3-4,7,10-11,13,22H,1-2,5-6,8-9,12H2,(H,19,20). The van der Waals surface area contributed by atoms with Crippen molar-refractivity contribution in [2.24, 2.45) is 5.92 Å². The van der Waals surface area contributed by atoms with E-state index in [1.54, 1.807) is 17.4 Å². The van der Waals surface area contributed by atoms with Gasteiger partial charge in [-0.3, -0.25) is 9.78 Å². The summed E-state index contributed by atoms with van der Waals surface area (Å²) >= 11 is 0. The van der Waals surface area contributed by atoms with Crippen molar-refractivity contribution in [3.8, 4) is 0 Å². The van der Waals surface area contributed by atoms with Crippen LogP contribution in [0.3, 0.4) is 0 Å². The van der Waals surface area contributed by atoms with Gasteiger partial charge in [0, 0.05) is 38.6 Å². The Labute approximate surface area is 140 Å². The first-order valence-corrected chi connectivity index (χ1v) is 8.24. The first kappa shape index (κ1) is 16.4. The van der Waals surface area contributed by atoms with Gasteiger partial charge in [-0.25, -0.2) is 4.98 Å². The number of hydrogen-bond acceptors (Lipinski definition) is 6. The van der Waals surface area contributed by atoms with Gasteiger partial charge in [-0.1, -0.05) is 0 Å². The molecule has 1 fully saturated rings. The average molecular weight is 330 g/mol. The van der Waals surface area contributed by atoms with E-state index in [9.17, 15) is 9.90 Å². The number of hydrogen-bond donors (Lipinski definition) is 2. The van der Waals surface area contributed by atoms with Crippen molar-refractivity contribution in [3.63, 3.8) is 0 Å². The first-order chi connectivity index (χ1) is 11.8. The molecule has 0 spiro atoms. The fraction of sp³-hybridized carbons (Fsp3) is 0.471. The van der Waals surface area contributed by atoms with E-state index in [-0.39, 0.29) is 18.4 Å². The van der Waals surface area contributed by atoms with Crippen molar-refractivity contribution in [2.75, 3.05) is 31.6 Å². The molecular formula is C17H22N4O3. The van der Waals surface area contributed by atoms with Gasteiger partial charge in [0.25, 0.3) is 5.91 Å². The summed E-state index contributed by atoms with van der Waals surface area (Å²) in [5.74, 6) is 1.30. The Morgan fingerprint density at radius 2 is 2.21 bits per heavy atom.